The molecule has 0 saturated heterocycles. The Morgan fingerprint density at radius 2 is 1.74 bits per heavy atom. The van der Waals surface area contributed by atoms with E-state index in [-0.39, 0.29) is 0 Å². The lowest BCUT2D eigenvalue weighted by molar-refractivity contribution is 0.313. The van der Waals surface area contributed by atoms with Gasteiger partial charge in [-0.05, 0) is 50.1 Å². The lowest BCUT2D eigenvalue weighted by Gasteiger charge is -2.10. The average molecular weight is 284 g/mol. The Hall–Kier alpha value is -0.730. The highest BCUT2D eigenvalue weighted by molar-refractivity contribution is 6.32. The van der Waals surface area contributed by atoms with Crippen LogP contribution in [0.4, 0.5) is 0 Å². The molecule has 0 unspecified atom stereocenters. The van der Waals surface area contributed by atoms with Gasteiger partial charge in [-0.25, -0.2) is 0 Å². The SMILES string of the molecule is CCCCCCNCCOc1cc(C)c(Cl)c(C)c1. The molecular weight excluding hydrogens is 258 g/mol. The summed E-state index contributed by atoms with van der Waals surface area (Å²) in [6.45, 7) is 8.93. The van der Waals surface area contributed by atoms with Gasteiger partial charge < -0.3 is 10.1 Å². The molecule has 0 aliphatic carbocycles. The maximum atomic E-state index is 6.13. The molecule has 0 saturated carbocycles. The predicted molar refractivity (Wildman–Crippen MR) is 83.4 cm³/mol. The predicted octanol–water partition coefficient (Wildman–Crippen LogP) is 4.51. The van der Waals surface area contributed by atoms with Crippen LogP contribution in [0.5, 0.6) is 5.75 Å². The molecule has 0 aliphatic rings. The first kappa shape index (κ1) is 16.3. The summed E-state index contributed by atoms with van der Waals surface area (Å²) >= 11 is 6.13. The van der Waals surface area contributed by atoms with Crippen molar-refractivity contribution >= 4 is 11.6 Å². The van der Waals surface area contributed by atoms with E-state index in [9.17, 15) is 0 Å². The maximum Gasteiger partial charge on any atom is 0.119 e. The molecule has 0 aromatic heterocycles. The first-order valence-corrected chi connectivity index (χ1v) is 7.63. The maximum absolute atomic E-state index is 6.13. The summed E-state index contributed by atoms with van der Waals surface area (Å²) in [5.74, 6) is 0.909. The molecule has 0 radical (unpaired) electrons. The number of hydrogen-bond acceptors (Lipinski definition) is 2. The van der Waals surface area contributed by atoms with Crippen molar-refractivity contribution in [1.82, 2.24) is 5.32 Å². The van der Waals surface area contributed by atoms with E-state index >= 15 is 0 Å². The molecule has 0 heterocycles. The number of hydrogen-bond donors (Lipinski definition) is 1. The van der Waals surface area contributed by atoms with Gasteiger partial charge in [0.25, 0.3) is 0 Å². The highest BCUT2D eigenvalue weighted by Crippen LogP contribution is 2.25. The van der Waals surface area contributed by atoms with Crippen molar-refractivity contribution < 1.29 is 4.74 Å². The van der Waals surface area contributed by atoms with Crippen LogP contribution >= 0.6 is 11.6 Å². The third-order valence-corrected chi connectivity index (χ3v) is 3.76. The van der Waals surface area contributed by atoms with Crippen molar-refractivity contribution in [1.29, 1.82) is 0 Å². The molecule has 0 fully saturated rings. The smallest absolute Gasteiger partial charge is 0.119 e. The van der Waals surface area contributed by atoms with Crippen LogP contribution in [-0.2, 0) is 0 Å². The summed E-state index contributed by atoms with van der Waals surface area (Å²) in [7, 11) is 0. The van der Waals surface area contributed by atoms with Crippen molar-refractivity contribution in [2.45, 2.75) is 46.5 Å². The van der Waals surface area contributed by atoms with Crippen molar-refractivity contribution in [2.24, 2.45) is 0 Å². The Labute approximate surface area is 122 Å². The van der Waals surface area contributed by atoms with Gasteiger partial charge in [0.2, 0.25) is 0 Å². The minimum absolute atomic E-state index is 0.703. The summed E-state index contributed by atoms with van der Waals surface area (Å²) in [6, 6.07) is 3.99. The third kappa shape index (κ3) is 6.31. The number of nitrogens with one attached hydrogen (secondary N) is 1. The Morgan fingerprint density at radius 1 is 1.05 bits per heavy atom. The first-order chi connectivity index (χ1) is 9.15. The Morgan fingerprint density at radius 3 is 2.37 bits per heavy atom. The van der Waals surface area contributed by atoms with Crippen LogP contribution in [0.2, 0.25) is 5.02 Å². The van der Waals surface area contributed by atoms with E-state index in [1.54, 1.807) is 0 Å². The number of benzene rings is 1. The Kier molecular flexibility index (Phi) is 7.92. The number of aryl methyl sites for hydroxylation is 2. The molecule has 0 atom stereocenters. The summed E-state index contributed by atoms with van der Waals surface area (Å²) in [6.07, 6.45) is 5.20. The Balaban J connectivity index is 2.16. The molecule has 0 bridgehead atoms. The number of halogens is 1. The molecule has 1 rings (SSSR count). The minimum Gasteiger partial charge on any atom is -0.492 e. The van der Waals surface area contributed by atoms with Crippen molar-refractivity contribution in [3.8, 4) is 5.75 Å². The van der Waals surface area contributed by atoms with Crippen LogP contribution < -0.4 is 10.1 Å². The summed E-state index contributed by atoms with van der Waals surface area (Å²) in [4.78, 5) is 0. The number of rotatable bonds is 9. The second-order valence-electron chi connectivity index (χ2n) is 5.03. The fourth-order valence-electron chi connectivity index (χ4n) is 2.03. The quantitative estimate of drug-likeness (QED) is 0.674. The molecule has 19 heavy (non-hydrogen) atoms. The van der Waals surface area contributed by atoms with Gasteiger partial charge >= 0.3 is 0 Å². The second-order valence-corrected chi connectivity index (χ2v) is 5.41. The highest BCUT2D eigenvalue weighted by atomic mass is 35.5. The molecule has 2 nitrogen and oxygen atoms in total. The van der Waals surface area contributed by atoms with Gasteiger partial charge in [-0.3, -0.25) is 0 Å². The monoisotopic (exact) mass is 283 g/mol. The molecule has 1 aromatic carbocycles. The van der Waals surface area contributed by atoms with E-state index in [1.807, 2.05) is 26.0 Å². The average Bonchev–Trinajstić information content (AvgIpc) is 2.39. The second kappa shape index (κ2) is 9.22. The third-order valence-electron chi connectivity index (χ3n) is 3.16. The van der Waals surface area contributed by atoms with Crippen LogP contribution in [0.3, 0.4) is 0 Å². The molecule has 0 amide bonds. The van der Waals surface area contributed by atoms with Gasteiger partial charge in [-0.2, -0.15) is 0 Å². The van der Waals surface area contributed by atoms with E-state index in [0.29, 0.717) is 6.61 Å². The van der Waals surface area contributed by atoms with Crippen LogP contribution in [0.1, 0.15) is 43.7 Å². The Bertz CT molecular complexity index is 356. The van der Waals surface area contributed by atoms with E-state index in [0.717, 1.165) is 35.0 Å². The molecule has 0 spiro atoms. The van der Waals surface area contributed by atoms with E-state index in [1.165, 1.54) is 25.7 Å². The molecular formula is C16H26ClNO. The number of unbranched alkanes of at least 4 members (excludes halogenated alkanes) is 3. The highest BCUT2D eigenvalue weighted by Gasteiger charge is 2.03. The molecule has 1 aromatic rings. The summed E-state index contributed by atoms with van der Waals surface area (Å²) < 4.78 is 5.73. The standard InChI is InChI=1S/C16H26ClNO/c1-4-5-6-7-8-18-9-10-19-15-11-13(2)16(17)14(3)12-15/h11-12,18H,4-10H2,1-3H3. The zero-order valence-corrected chi connectivity index (χ0v) is 13.1. The fraction of sp³-hybridized carbons (Fsp3) is 0.625. The normalized spacial score (nSPS) is 10.7. The molecule has 0 aliphatic heterocycles. The largest absolute Gasteiger partial charge is 0.492 e. The van der Waals surface area contributed by atoms with Crippen LogP contribution in [0.25, 0.3) is 0 Å². The van der Waals surface area contributed by atoms with Gasteiger partial charge in [-0.15, -0.1) is 0 Å². The van der Waals surface area contributed by atoms with Crippen molar-refractivity contribution in [3.63, 3.8) is 0 Å². The van der Waals surface area contributed by atoms with Crippen LogP contribution in [0.15, 0.2) is 12.1 Å². The van der Waals surface area contributed by atoms with Crippen molar-refractivity contribution in [2.75, 3.05) is 19.7 Å². The summed E-state index contributed by atoms with van der Waals surface area (Å²) in [5, 5.41) is 4.24. The van der Waals surface area contributed by atoms with Gasteiger partial charge in [0.1, 0.15) is 12.4 Å². The topological polar surface area (TPSA) is 21.3 Å². The molecule has 1 N–H and O–H groups in total. The van der Waals surface area contributed by atoms with Crippen LogP contribution in [-0.4, -0.2) is 19.7 Å². The zero-order valence-electron chi connectivity index (χ0n) is 12.4. The van der Waals surface area contributed by atoms with E-state index in [2.05, 4.69) is 12.2 Å². The minimum atomic E-state index is 0.703. The van der Waals surface area contributed by atoms with Gasteiger partial charge in [0.15, 0.2) is 0 Å². The van der Waals surface area contributed by atoms with Gasteiger partial charge in [0.05, 0.1) is 0 Å². The van der Waals surface area contributed by atoms with Gasteiger partial charge in [-0.1, -0.05) is 37.8 Å². The lowest BCUT2D eigenvalue weighted by Crippen LogP contribution is -2.22. The zero-order chi connectivity index (χ0) is 14.1. The van der Waals surface area contributed by atoms with Crippen molar-refractivity contribution in [3.05, 3.63) is 28.3 Å². The lowest BCUT2D eigenvalue weighted by atomic mass is 10.1. The summed E-state index contributed by atoms with van der Waals surface area (Å²) in [5.41, 5.74) is 2.15. The fourth-order valence-corrected chi connectivity index (χ4v) is 2.14. The van der Waals surface area contributed by atoms with E-state index in [4.69, 9.17) is 16.3 Å². The number of ether oxygens (including phenoxy) is 1. The van der Waals surface area contributed by atoms with Crippen LogP contribution in [0, 0.1) is 13.8 Å². The first-order valence-electron chi connectivity index (χ1n) is 7.25. The molecule has 3 heteroatoms. The van der Waals surface area contributed by atoms with E-state index < -0.39 is 0 Å². The van der Waals surface area contributed by atoms with Gasteiger partial charge in [0, 0.05) is 11.6 Å². The molecule has 108 valence electrons.